The van der Waals surface area contributed by atoms with Gasteiger partial charge < -0.3 is 23.9 Å². The molecular weight excluding hydrogens is 522 g/mol. The van der Waals surface area contributed by atoms with E-state index in [4.69, 9.17) is 18.5 Å². The van der Waals surface area contributed by atoms with E-state index >= 15 is 0 Å². The molecule has 2 amide bonds. The fourth-order valence-corrected chi connectivity index (χ4v) is 3.89. The van der Waals surface area contributed by atoms with E-state index in [1.54, 1.807) is 0 Å². The molecule has 0 bridgehead atoms. The number of oxazole rings is 1. The number of nitrogens with one attached hydrogen (secondary N) is 1. The van der Waals surface area contributed by atoms with Crippen LogP contribution >= 0.6 is 12.0 Å². The number of imide groups is 1. The molecule has 1 aromatic carbocycles. The molecule has 210 valence electrons. The molecule has 1 saturated heterocycles. The molecule has 0 aliphatic carbocycles. The van der Waals surface area contributed by atoms with Crippen molar-refractivity contribution in [1.29, 1.82) is 0 Å². The maximum Gasteiger partial charge on any atom is 0.333 e. The molecule has 2 aromatic rings. The number of aromatic nitrogens is 1. The van der Waals surface area contributed by atoms with Gasteiger partial charge in [0.25, 0.3) is 11.8 Å². The Morgan fingerprint density at radius 1 is 1.18 bits per heavy atom. The van der Waals surface area contributed by atoms with E-state index in [0.29, 0.717) is 41.1 Å². The molecule has 10 nitrogen and oxygen atoms in total. The lowest BCUT2D eigenvalue weighted by Crippen LogP contribution is -2.31. The molecular formula is C28H35N3O7S. The maximum absolute atomic E-state index is 11.9. The van der Waals surface area contributed by atoms with Gasteiger partial charge in [-0.25, -0.2) is 9.78 Å². The maximum atomic E-state index is 11.9. The molecule has 0 saturated carbocycles. The number of benzene rings is 1. The van der Waals surface area contributed by atoms with Crippen molar-refractivity contribution >= 4 is 47.0 Å². The number of hydrogen-bond acceptors (Lipinski definition) is 10. The average Bonchev–Trinajstić information content (AvgIpc) is 3.49. The zero-order valence-corrected chi connectivity index (χ0v) is 22.9. The summed E-state index contributed by atoms with van der Waals surface area (Å²) in [6.45, 7) is 3.30. The van der Waals surface area contributed by atoms with E-state index in [9.17, 15) is 14.4 Å². The molecule has 0 radical (unpaired) electrons. The SMILES string of the molecule is CC\C=C/C(/C=C/c1nc2ccc(OCCCSO)cc2o1)=C\NCCCCCC(=O)ON1C(=O)CCC1=O. The second kappa shape index (κ2) is 16.4. The molecule has 2 heterocycles. The minimum Gasteiger partial charge on any atom is -0.493 e. The minimum atomic E-state index is -0.566. The number of allylic oxidation sites excluding steroid dienone is 4. The number of carbonyl (C=O) groups excluding carboxylic acids is 3. The van der Waals surface area contributed by atoms with E-state index in [1.165, 1.54) is 0 Å². The lowest BCUT2D eigenvalue weighted by Gasteiger charge is -2.12. The third-order valence-corrected chi connectivity index (χ3v) is 6.13. The van der Waals surface area contributed by atoms with E-state index in [0.717, 1.165) is 55.4 Å². The van der Waals surface area contributed by atoms with E-state index in [2.05, 4.69) is 23.3 Å². The Kier molecular flexibility index (Phi) is 12.6. The lowest BCUT2D eigenvalue weighted by atomic mass is 10.2. The Labute approximate surface area is 232 Å². The summed E-state index contributed by atoms with van der Waals surface area (Å²) in [6.07, 6.45) is 14.0. The van der Waals surface area contributed by atoms with Crippen molar-refractivity contribution in [2.75, 3.05) is 18.9 Å². The molecule has 0 unspecified atom stereocenters. The van der Waals surface area contributed by atoms with Gasteiger partial charge in [-0.2, -0.15) is 0 Å². The summed E-state index contributed by atoms with van der Waals surface area (Å²) < 4.78 is 20.3. The Morgan fingerprint density at radius 3 is 2.77 bits per heavy atom. The molecule has 1 aromatic heterocycles. The summed E-state index contributed by atoms with van der Waals surface area (Å²) in [6, 6.07) is 5.51. The number of rotatable bonds is 17. The minimum absolute atomic E-state index is 0.0910. The first kappa shape index (κ1) is 30.0. The highest BCUT2D eigenvalue weighted by atomic mass is 32.2. The van der Waals surface area contributed by atoms with Crippen LogP contribution in [0.2, 0.25) is 0 Å². The van der Waals surface area contributed by atoms with Gasteiger partial charge in [-0.3, -0.25) is 9.59 Å². The quantitative estimate of drug-likeness (QED) is 0.112. The molecule has 1 fully saturated rings. The second-order valence-electron chi connectivity index (χ2n) is 8.82. The van der Waals surface area contributed by atoms with Crippen molar-refractivity contribution in [3.63, 3.8) is 0 Å². The van der Waals surface area contributed by atoms with Crippen LogP contribution in [0, 0.1) is 0 Å². The van der Waals surface area contributed by atoms with Crippen LogP contribution in [0.3, 0.4) is 0 Å². The van der Waals surface area contributed by atoms with Crippen LogP contribution in [-0.2, 0) is 19.2 Å². The number of hydroxylamine groups is 2. The standard InChI is InChI=1S/C28H35N3O7S/c1-2-3-8-21(20-29-16-6-4-5-9-28(34)38-31-26(32)14-15-27(31)33)10-13-25-30-23-12-11-22(19-24(23)37-25)36-17-7-18-39-35/h3,8,10-13,19-20,29,35H,2,4-7,9,14-18H2,1H3/b8-3-,13-10+,21-20+. The number of fused-ring (bicyclic) bond motifs is 1. The number of amides is 2. The van der Waals surface area contributed by atoms with Gasteiger partial charge in [-0.05, 0) is 61.5 Å². The predicted octanol–water partition coefficient (Wildman–Crippen LogP) is 5.42. The molecule has 3 rings (SSSR count). The van der Waals surface area contributed by atoms with Crippen molar-refractivity contribution in [2.24, 2.45) is 0 Å². The van der Waals surface area contributed by atoms with Gasteiger partial charge in [-0.15, -0.1) is 5.06 Å². The Hall–Kier alpha value is -3.57. The number of hydrogen-bond donors (Lipinski definition) is 2. The van der Waals surface area contributed by atoms with Crippen LogP contribution in [0.1, 0.15) is 64.2 Å². The van der Waals surface area contributed by atoms with Gasteiger partial charge >= 0.3 is 5.97 Å². The zero-order chi connectivity index (χ0) is 27.9. The molecule has 0 atom stereocenters. The average molecular weight is 558 g/mol. The molecule has 39 heavy (non-hydrogen) atoms. The Morgan fingerprint density at radius 2 is 2.00 bits per heavy atom. The topological polar surface area (TPSA) is 131 Å². The largest absolute Gasteiger partial charge is 0.493 e. The van der Waals surface area contributed by atoms with Crippen LogP contribution in [0.5, 0.6) is 5.75 Å². The first-order valence-corrected chi connectivity index (χ1v) is 14.1. The van der Waals surface area contributed by atoms with Gasteiger partial charge in [0.15, 0.2) is 5.58 Å². The number of carbonyl (C=O) groups is 3. The van der Waals surface area contributed by atoms with Gasteiger partial charge in [-0.1, -0.05) is 25.5 Å². The third-order valence-electron chi connectivity index (χ3n) is 5.66. The number of nitrogens with zero attached hydrogens (tertiary/aromatic N) is 2. The first-order valence-electron chi connectivity index (χ1n) is 13.1. The normalized spacial score (nSPS) is 14.3. The third kappa shape index (κ3) is 10.3. The lowest BCUT2D eigenvalue weighted by molar-refractivity contribution is -0.197. The van der Waals surface area contributed by atoms with E-state index < -0.39 is 17.8 Å². The van der Waals surface area contributed by atoms with E-state index in [1.807, 2.05) is 42.6 Å². The molecule has 11 heteroatoms. The summed E-state index contributed by atoms with van der Waals surface area (Å²) in [5, 5.41) is 3.87. The molecule has 1 aliphatic rings. The number of unbranched alkanes of at least 4 members (excludes halogenated alkanes) is 2. The van der Waals surface area contributed by atoms with Crippen LogP contribution in [0.4, 0.5) is 0 Å². The highest BCUT2D eigenvalue weighted by Gasteiger charge is 2.32. The number of ether oxygens (including phenoxy) is 1. The van der Waals surface area contributed by atoms with Crippen molar-refractivity contribution in [3.05, 3.63) is 54.1 Å². The zero-order valence-electron chi connectivity index (χ0n) is 22.1. The summed E-state index contributed by atoms with van der Waals surface area (Å²) in [7, 11) is 0. The molecule has 0 spiro atoms. The highest BCUT2D eigenvalue weighted by molar-refractivity contribution is 7.93. The van der Waals surface area contributed by atoms with Gasteiger partial charge in [0, 0.05) is 49.9 Å². The second-order valence-corrected chi connectivity index (χ2v) is 9.48. The van der Waals surface area contributed by atoms with Crippen LogP contribution < -0.4 is 10.1 Å². The van der Waals surface area contributed by atoms with Crippen molar-refractivity contribution < 1.29 is 32.9 Å². The van der Waals surface area contributed by atoms with Crippen molar-refractivity contribution in [3.8, 4) is 5.75 Å². The van der Waals surface area contributed by atoms with E-state index in [-0.39, 0.29) is 19.3 Å². The smallest absolute Gasteiger partial charge is 0.333 e. The molecule has 1 aliphatic heterocycles. The van der Waals surface area contributed by atoms with Gasteiger partial charge in [0.1, 0.15) is 11.3 Å². The van der Waals surface area contributed by atoms with Crippen molar-refractivity contribution in [1.82, 2.24) is 15.4 Å². The Balaban J connectivity index is 1.43. The summed E-state index contributed by atoms with van der Waals surface area (Å²) >= 11 is 0.806. The first-order chi connectivity index (χ1) is 19.0. The van der Waals surface area contributed by atoms with Crippen LogP contribution in [-0.4, -0.2) is 51.3 Å². The van der Waals surface area contributed by atoms with Gasteiger partial charge in [0.2, 0.25) is 5.89 Å². The van der Waals surface area contributed by atoms with Crippen molar-refractivity contribution in [2.45, 2.75) is 58.3 Å². The Bertz CT molecular complexity index is 1190. The molecule has 2 N–H and O–H groups in total. The fraction of sp³-hybridized carbons (Fsp3) is 0.429. The van der Waals surface area contributed by atoms with Crippen LogP contribution in [0.15, 0.2) is 52.6 Å². The fourth-order valence-electron chi connectivity index (χ4n) is 3.64. The van der Waals surface area contributed by atoms with Crippen LogP contribution in [0.25, 0.3) is 17.2 Å². The summed E-state index contributed by atoms with van der Waals surface area (Å²) in [5.74, 6) is 0.308. The summed E-state index contributed by atoms with van der Waals surface area (Å²) in [4.78, 5) is 44.2. The monoisotopic (exact) mass is 557 g/mol. The summed E-state index contributed by atoms with van der Waals surface area (Å²) in [5.41, 5.74) is 2.33. The highest BCUT2D eigenvalue weighted by Crippen LogP contribution is 2.23. The van der Waals surface area contributed by atoms with Gasteiger partial charge in [0.05, 0.1) is 6.61 Å². The predicted molar refractivity (Wildman–Crippen MR) is 149 cm³/mol.